The summed E-state index contributed by atoms with van der Waals surface area (Å²) >= 11 is 0. The number of aromatic nitrogens is 2. The molecule has 0 aliphatic rings. The van der Waals surface area contributed by atoms with Crippen LogP contribution in [0.15, 0.2) is 29.1 Å². The molecule has 0 aliphatic heterocycles. The van der Waals surface area contributed by atoms with E-state index in [0.29, 0.717) is 10.9 Å². The Bertz CT molecular complexity index is 1020. The largest absolute Gasteiger partial charge is 0.358 e. The highest BCUT2D eigenvalue weighted by molar-refractivity contribution is 5.90. The third kappa shape index (κ3) is 3.47. The van der Waals surface area contributed by atoms with Crippen molar-refractivity contribution in [3.63, 3.8) is 0 Å². The van der Waals surface area contributed by atoms with E-state index in [1.165, 1.54) is 12.1 Å². The number of fused-ring (bicyclic) bond motifs is 1. The summed E-state index contributed by atoms with van der Waals surface area (Å²) < 4.78 is 13.5. The monoisotopic (exact) mass is 341 g/mol. The third-order valence-corrected chi connectivity index (χ3v) is 4.38. The summed E-state index contributed by atoms with van der Waals surface area (Å²) in [7, 11) is 0. The number of aryl methyl sites for hydroxylation is 3. The summed E-state index contributed by atoms with van der Waals surface area (Å²) in [5.74, 6) is -0.553. The average Bonchev–Trinajstić information content (AvgIpc) is 2.82. The van der Waals surface area contributed by atoms with Crippen LogP contribution < -0.4 is 10.9 Å². The molecule has 5 nitrogen and oxygen atoms in total. The van der Waals surface area contributed by atoms with E-state index in [2.05, 4.69) is 15.3 Å². The lowest BCUT2D eigenvalue weighted by Crippen LogP contribution is -2.29. The maximum absolute atomic E-state index is 13.5. The van der Waals surface area contributed by atoms with E-state index in [4.69, 9.17) is 0 Å². The Hall–Kier alpha value is -2.89. The number of hydrogen-bond acceptors (Lipinski definition) is 2. The number of pyridine rings is 1. The van der Waals surface area contributed by atoms with Gasteiger partial charge in [0.25, 0.3) is 5.56 Å². The minimum atomic E-state index is -0.338. The molecule has 2 aromatic heterocycles. The highest BCUT2D eigenvalue weighted by Crippen LogP contribution is 2.23. The zero-order valence-corrected chi connectivity index (χ0v) is 14.4. The normalized spacial score (nSPS) is 11.0. The number of hydrogen-bond donors (Lipinski definition) is 3. The number of halogens is 1. The maximum Gasteiger partial charge on any atom is 0.253 e. The van der Waals surface area contributed by atoms with Crippen LogP contribution in [0.2, 0.25) is 0 Å². The summed E-state index contributed by atoms with van der Waals surface area (Å²) in [4.78, 5) is 30.2. The van der Waals surface area contributed by atoms with Gasteiger partial charge in [0.15, 0.2) is 0 Å². The van der Waals surface area contributed by atoms with Gasteiger partial charge in [-0.1, -0.05) is 0 Å². The molecule has 0 saturated heterocycles. The van der Waals surface area contributed by atoms with Gasteiger partial charge in [0.2, 0.25) is 5.91 Å². The first-order chi connectivity index (χ1) is 11.8. The number of H-pyrrole nitrogens is 2. The molecule has 0 fully saturated rings. The first kappa shape index (κ1) is 17.0. The Balaban J connectivity index is 1.77. The van der Waals surface area contributed by atoms with Crippen LogP contribution >= 0.6 is 0 Å². The smallest absolute Gasteiger partial charge is 0.253 e. The molecule has 2 heterocycles. The van der Waals surface area contributed by atoms with Crippen molar-refractivity contribution in [1.29, 1.82) is 0 Å². The number of rotatable bonds is 4. The van der Waals surface area contributed by atoms with Crippen molar-refractivity contribution in [1.82, 2.24) is 15.3 Å². The molecule has 0 radical (unpaired) electrons. The number of benzene rings is 1. The van der Waals surface area contributed by atoms with Gasteiger partial charge in [-0.25, -0.2) is 4.39 Å². The second-order valence-corrected chi connectivity index (χ2v) is 6.32. The van der Waals surface area contributed by atoms with Crippen LogP contribution in [-0.2, 0) is 17.8 Å². The fourth-order valence-corrected chi connectivity index (χ4v) is 3.09. The van der Waals surface area contributed by atoms with Crippen LogP contribution in [0.1, 0.15) is 28.1 Å². The molecule has 3 N–H and O–H groups in total. The number of nitrogens with one attached hydrogen (secondary N) is 3. The molecule has 0 aliphatic carbocycles. The minimum Gasteiger partial charge on any atom is -0.358 e. The lowest BCUT2D eigenvalue weighted by atomic mass is 10.1. The van der Waals surface area contributed by atoms with Crippen molar-refractivity contribution < 1.29 is 9.18 Å². The number of amides is 1. The van der Waals surface area contributed by atoms with Gasteiger partial charge >= 0.3 is 0 Å². The van der Waals surface area contributed by atoms with Crippen LogP contribution in [0.5, 0.6) is 0 Å². The van der Waals surface area contributed by atoms with Gasteiger partial charge < -0.3 is 15.3 Å². The SMILES string of the molecule is Cc1cc(C)c(CNC(=O)Cc2c(C)[nH]c3ccc(F)cc23)c(=O)[nH]1. The van der Waals surface area contributed by atoms with Crippen molar-refractivity contribution in [3.8, 4) is 0 Å². The lowest BCUT2D eigenvalue weighted by Gasteiger charge is -2.08. The van der Waals surface area contributed by atoms with Crippen molar-refractivity contribution in [2.45, 2.75) is 33.7 Å². The van der Waals surface area contributed by atoms with E-state index in [1.54, 1.807) is 6.07 Å². The molecular formula is C19H20FN3O2. The van der Waals surface area contributed by atoms with Crippen LogP contribution in [0.3, 0.4) is 0 Å². The summed E-state index contributed by atoms with van der Waals surface area (Å²) in [5, 5.41) is 3.48. The zero-order valence-electron chi connectivity index (χ0n) is 14.4. The molecule has 1 amide bonds. The highest BCUT2D eigenvalue weighted by atomic mass is 19.1. The second-order valence-electron chi connectivity index (χ2n) is 6.32. The van der Waals surface area contributed by atoms with Crippen molar-refractivity contribution in [2.75, 3.05) is 0 Å². The first-order valence-corrected chi connectivity index (χ1v) is 8.08. The standard InChI is InChI=1S/C19H20FN3O2/c1-10-6-11(2)22-19(25)16(10)9-21-18(24)8-14-12(3)23-17-5-4-13(20)7-15(14)17/h4-7,23H,8-9H2,1-3H3,(H,21,24)(H,22,25). The Morgan fingerprint density at radius 3 is 2.60 bits per heavy atom. The molecule has 0 spiro atoms. The molecule has 0 bridgehead atoms. The van der Waals surface area contributed by atoms with E-state index in [1.807, 2.05) is 26.8 Å². The van der Waals surface area contributed by atoms with E-state index in [-0.39, 0.29) is 30.2 Å². The fourth-order valence-electron chi connectivity index (χ4n) is 3.09. The average molecular weight is 341 g/mol. The maximum atomic E-state index is 13.5. The predicted octanol–water partition coefficient (Wildman–Crippen LogP) is 2.78. The second kappa shape index (κ2) is 6.55. The van der Waals surface area contributed by atoms with Crippen molar-refractivity contribution >= 4 is 16.8 Å². The Morgan fingerprint density at radius 1 is 1.12 bits per heavy atom. The predicted molar refractivity (Wildman–Crippen MR) is 95.1 cm³/mol. The molecule has 3 aromatic rings. The van der Waals surface area contributed by atoms with E-state index in [0.717, 1.165) is 28.0 Å². The van der Waals surface area contributed by atoms with Crippen LogP contribution in [0, 0.1) is 26.6 Å². The fraction of sp³-hybridized carbons (Fsp3) is 0.263. The zero-order chi connectivity index (χ0) is 18.1. The van der Waals surface area contributed by atoms with Crippen LogP contribution in [0.4, 0.5) is 4.39 Å². The lowest BCUT2D eigenvalue weighted by molar-refractivity contribution is -0.120. The molecule has 0 saturated carbocycles. The van der Waals surface area contributed by atoms with E-state index < -0.39 is 0 Å². The third-order valence-electron chi connectivity index (χ3n) is 4.38. The molecule has 1 aromatic carbocycles. The summed E-state index contributed by atoms with van der Waals surface area (Å²) in [6.07, 6.45) is 0.123. The van der Waals surface area contributed by atoms with Gasteiger partial charge in [0, 0.05) is 34.4 Å². The van der Waals surface area contributed by atoms with Gasteiger partial charge in [-0.2, -0.15) is 0 Å². The number of aromatic amines is 2. The van der Waals surface area contributed by atoms with E-state index in [9.17, 15) is 14.0 Å². The Labute approximate surface area is 144 Å². The minimum absolute atomic E-state index is 0.123. The first-order valence-electron chi connectivity index (χ1n) is 8.08. The summed E-state index contributed by atoms with van der Waals surface area (Å²) in [6.45, 7) is 5.68. The Kier molecular flexibility index (Phi) is 4.44. The number of carbonyl (C=O) groups is 1. The van der Waals surface area contributed by atoms with Gasteiger partial charge in [0.05, 0.1) is 6.42 Å². The molecule has 3 rings (SSSR count). The summed E-state index contributed by atoms with van der Waals surface area (Å²) in [6, 6.07) is 6.34. The van der Waals surface area contributed by atoms with Gasteiger partial charge in [-0.3, -0.25) is 9.59 Å². The van der Waals surface area contributed by atoms with Gasteiger partial charge in [0.1, 0.15) is 5.82 Å². The Morgan fingerprint density at radius 2 is 1.88 bits per heavy atom. The molecule has 6 heteroatoms. The summed E-state index contributed by atoms with van der Waals surface area (Å²) in [5.41, 5.74) is 4.37. The highest BCUT2D eigenvalue weighted by Gasteiger charge is 2.14. The molecular weight excluding hydrogens is 321 g/mol. The number of carbonyl (C=O) groups excluding carboxylic acids is 1. The molecule has 0 atom stereocenters. The van der Waals surface area contributed by atoms with E-state index >= 15 is 0 Å². The molecule has 130 valence electrons. The van der Waals surface area contributed by atoms with Crippen molar-refractivity contribution in [3.05, 3.63) is 68.5 Å². The molecule has 0 unspecified atom stereocenters. The van der Waals surface area contributed by atoms with Crippen LogP contribution in [-0.4, -0.2) is 15.9 Å². The van der Waals surface area contributed by atoms with Crippen LogP contribution in [0.25, 0.3) is 10.9 Å². The van der Waals surface area contributed by atoms with Gasteiger partial charge in [-0.05, 0) is 56.2 Å². The quantitative estimate of drug-likeness (QED) is 0.682. The topological polar surface area (TPSA) is 77.8 Å². The molecule has 25 heavy (non-hydrogen) atoms. The van der Waals surface area contributed by atoms with Gasteiger partial charge in [-0.15, -0.1) is 0 Å². The van der Waals surface area contributed by atoms with Crippen molar-refractivity contribution in [2.24, 2.45) is 0 Å².